The van der Waals surface area contributed by atoms with Gasteiger partial charge in [-0.1, -0.05) is 180 Å². The van der Waals surface area contributed by atoms with E-state index in [4.69, 9.17) is 8.83 Å². The number of fused-ring (bicyclic) bond motifs is 12. The van der Waals surface area contributed by atoms with Crippen LogP contribution in [0.4, 0.5) is 0 Å². The smallest absolute Gasteiger partial charge is 0.135 e. The molecule has 0 aliphatic rings. The summed E-state index contributed by atoms with van der Waals surface area (Å²) in [5.41, 5.74) is 20.4. The molecule has 77 heavy (non-hydrogen) atoms. The quantitative estimate of drug-likeness (QED) is 0.166. The zero-order valence-corrected chi connectivity index (χ0v) is 43.2. The van der Waals surface area contributed by atoms with E-state index in [1.54, 1.807) is 0 Å². The molecule has 16 rings (SSSR count). The summed E-state index contributed by atoms with van der Waals surface area (Å²) in [6, 6.07) is 97.4. The summed E-state index contributed by atoms with van der Waals surface area (Å²) >= 11 is 3.47. The number of furan rings is 2. The van der Waals surface area contributed by atoms with Gasteiger partial charge in [0.15, 0.2) is 0 Å². The van der Waals surface area contributed by atoms with Crippen molar-refractivity contribution in [1.82, 2.24) is 9.13 Å². The van der Waals surface area contributed by atoms with Gasteiger partial charge in [-0.25, -0.2) is 0 Å². The van der Waals surface area contributed by atoms with Crippen molar-refractivity contribution in [2.45, 2.75) is 0 Å². The molecule has 0 N–H and O–H groups in total. The van der Waals surface area contributed by atoms with Gasteiger partial charge in [-0.05, 0) is 154 Å². The second kappa shape index (κ2) is 18.3. The molecule has 362 valence electrons. The summed E-state index contributed by atoms with van der Waals surface area (Å²) in [6.07, 6.45) is 0. The van der Waals surface area contributed by atoms with Gasteiger partial charge in [0, 0.05) is 58.9 Å². The fourth-order valence-corrected chi connectivity index (χ4v) is 11.8. The van der Waals surface area contributed by atoms with Crippen molar-refractivity contribution in [3.8, 4) is 55.9 Å². The molecular formula is C72H45BrN2O2. The number of hydrogen-bond donors (Lipinski definition) is 0. The molecule has 4 heterocycles. The molecule has 4 aromatic heterocycles. The van der Waals surface area contributed by atoms with Crippen molar-refractivity contribution in [1.29, 1.82) is 0 Å². The summed E-state index contributed by atoms with van der Waals surface area (Å²) in [5.74, 6) is 0. The van der Waals surface area contributed by atoms with Crippen LogP contribution in [0.5, 0.6) is 0 Å². The van der Waals surface area contributed by atoms with Gasteiger partial charge in [0.25, 0.3) is 0 Å². The highest BCUT2D eigenvalue weighted by atomic mass is 79.9. The number of rotatable bonds is 6. The van der Waals surface area contributed by atoms with Crippen molar-refractivity contribution in [2.24, 2.45) is 0 Å². The minimum atomic E-state index is 0.915. The molecule has 16 aromatic rings. The summed E-state index contributed by atoms with van der Waals surface area (Å²) < 4.78 is 17.8. The molecule has 0 saturated heterocycles. The van der Waals surface area contributed by atoms with Crippen LogP contribution in [0.25, 0.3) is 143 Å². The van der Waals surface area contributed by atoms with Gasteiger partial charge >= 0.3 is 0 Å². The van der Waals surface area contributed by atoms with Crippen LogP contribution < -0.4 is 0 Å². The van der Waals surface area contributed by atoms with Crippen molar-refractivity contribution in [2.75, 3.05) is 0 Å². The summed E-state index contributed by atoms with van der Waals surface area (Å²) in [4.78, 5) is 0. The Morgan fingerprint density at radius 2 is 0.532 bits per heavy atom. The topological polar surface area (TPSA) is 36.1 Å². The van der Waals surface area contributed by atoms with E-state index in [-0.39, 0.29) is 0 Å². The molecule has 0 amide bonds. The van der Waals surface area contributed by atoms with Crippen molar-refractivity contribution in [3.05, 3.63) is 277 Å². The number of halogens is 1. The van der Waals surface area contributed by atoms with Crippen LogP contribution in [0, 0.1) is 0 Å². The maximum absolute atomic E-state index is 6.09. The Labute approximate surface area is 452 Å². The number of benzene rings is 12. The molecule has 0 fully saturated rings. The molecule has 5 heteroatoms. The van der Waals surface area contributed by atoms with Gasteiger partial charge in [0.2, 0.25) is 0 Å². The predicted molar refractivity (Wildman–Crippen MR) is 326 cm³/mol. The first-order valence-electron chi connectivity index (χ1n) is 26.0. The minimum Gasteiger partial charge on any atom is -0.456 e. The number of nitrogens with zero attached hydrogens (tertiary/aromatic N) is 2. The van der Waals surface area contributed by atoms with Gasteiger partial charge in [0.05, 0.1) is 22.1 Å². The van der Waals surface area contributed by atoms with Crippen molar-refractivity contribution >= 4 is 103 Å². The van der Waals surface area contributed by atoms with E-state index < -0.39 is 0 Å². The third-order valence-electron chi connectivity index (χ3n) is 15.3. The highest BCUT2D eigenvalue weighted by Gasteiger charge is 2.17. The summed E-state index contributed by atoms with van der Waals surface area (Å²) in [5, 5.41) is 9.61. The fourth-order valence-electron chi connectivity index (χ4n) is 11.6. The number of para-hydroxylation sites is 4. The fraction of sp³-hybridized carbons (Fsp3) is 0. The largest absolute Gasteiger partial charge is 0.456 e. The van der Waals surface area contributed by atoms with Gasteiger partial charge in [-0.15, -0.1) is 0 Å². The first-order valence-corrected chi connectivity index (χ1v) is 26.8. The van der Waals surface area contributed by atoms with Crippen LogP contribution in [0.2, 0.25) is 0 Å². The van der Waals surface area contributed by atoms with Crippen LogP contribution in [-0.4, -0.2) is 9.13 Å². The Morgan fingerprint density at radius 1 is 0.221 bits per heavy atom. The van der Waals surface area contributed by atoms with Gasteiger partial charge in [-0.3, -0.25) is 0 Å². The standard InChI is InChI=1S/C54H34N2O.C18H11BrO/c1-2-10-35(11-3-1)36-18-25-41(26-19-36)55-49-15-7-4-12-43(49)46-32-39(22-29-51(46)55)40-23-30-52-47(33-40)44-13-5-8-16-50(44)56(52)42-27-20-37(21-28-42)38-24-31-54-48(34-38)45-14-6-9-17-53(45)57-54;19-14-8-5-12(6-9-14)13-7-10-18-16(11-13)15-3-1-2-4-17(15)20-18/h1-34H;1-11H. The third-order valence-corrected chi connectivity index (χ3v) is 15.8. The Morgan fingerprint density at radius 3 is 1.01 bits per heavy atom. The highest BCUT2D eigenvalue weighted by Crippen LogP contribution is 2.40. The molecule has 0 radical (unpaired) electrons. The van der Waals surface area contributed by atoms with Gasteiger partial charge < -0.3 is 18.0 Å². The molecule has 4 nitrogen and oxygen atoms in total. The summed E-state index contributed by atoms with van der Waals surface area (Å²) in [7, 11) is 0. The molecule has 0 aliphatic carbocycles. The first kappa shape index (κ1) is 44.8. The van der Waals surface area contributed by atoms with Crippen LogP contribution in [0.15, 0.2) is 286 Å². The van der Waals surface area contributed by atoms with Crippen molar-refractivity contribution < 1.29 is 8.83 Å². The molecule has 0 bridgehead atoms. The molecule has 12 aromatic carbocycles. The van der Waals surface area contributed by atoms with Crippen LogP contribution in [0.1, 0.15) is 0 Å². The Kier molecular flexibility index (Phi) is 10.6. The average molecular weight is 1050 g/mol. The normalized spacial score (nSPS) is 11.7. The van der Waals surface area contributed by atoms with E-state index in [0.717, 1.165) is 49.0 Å². The molecule has 0 unspecified atom stereocenters. The number of aromatic nitrogens is 2. The minimum absolute atomic E-state index is 0.915. The van der Waals surface area contributed by atoms with E-state index in [2.05, 4.69) is 262 Å². The van der Waals surface area contributed by atoms with Gasteiger partial charge in [-0.2, -0.15) is 0 Å². The predicted octanol–water partition coefficient (Wildman–Crippen LogP) is 20.8. The second-order valence-corrected chi connectivity index (χ2v) is 20.7. The lowest BCUT2D eigenvalue weighted by atomic mass is 10.0. The maximum Gasteiger partial charge on any atom is 0.135 e. The van der Waals surface area contributed by atoms with E-state index in [9.17, 15) is 0 Å². The second-order valence-electron chi connectivity index (χ2n) is 19.8. The SMILES string of the molecule is Brc1ccc(-c2ccc3oc4ccccc4c3c2)cc1.c1ccc(-c2ccc(-n3c4ccccc4c4cc(-c5ccc6c(c5)c5ccccc5n6-c5ccc(-c6ccc7oc8ccccc8c7c6)cc5)ccc43)cc2)cc1. The van der Waals surface area contributed by atoms with Crippen LogP contribution in [0.3, 0.4) is 0 Å². The molecular weight excluding hydrogens is 1000 g/mol. The van der Waals surface area contributed by atoms with E-state index in [0.29, 0.717) is 0 Å². The average Bonchev–Trinajstić information content (AvgIpc) is 4.26. The van der Waals surface area contributed by atoms with E-state index >= 15 is 0 Å². The van der Waals surface area contributed by atoms with E-state index in [1.807, 2.05) is 36.4 Å². The Hall–Kier alpha value is -9.68. The molecule has 0 spiro atoms. The van der Waals surface area contributed by atoms with Crippen LogP contribution >= 0.6 is 15.9 Å². The first-order chi connectivity index (χ1) is 38.1. The highest BCUT2D eigenvalue weighted by molar-refractivity contribution is 9.10. The van der Waals surface area contributed by atoms with Crippen LogP contribution in [-0.2, 0) is 0 Å². The lowest BCUT2D eigenvalue weighted by Crippen LogP contribution is -1.94. The maximum atomic E-state index is 6.09. The Bertz CT molecular complexity index is 4910. The monoisotopic (exact) mass is 1050 g/mol. The number of hydrogen-bond acceptors (Lipinski definition) is 2. The molecule has 0 aliphatic heterocycles. The zero-order chi connectivity index (χ0) is 51.0. The zero-order valence-electron chi connectivity index (χ0n) is 41.6. The lowest BCUT2D eigenvalue weighted by molar-refractivity contribution is 0.668. The van der Waals surface area contributed by atoms with Gasteiger partial charge in [0.1, 0.15) is 22.3 Å². The lowest BCUT2D eigenvalue weighted by Gasteiger charge is -2.11. The molecule has 0 saturated carbocycles. The van der Waals surface area contributed by atoms with E-state index in [1.165, 1.54) is 98.9 Å². The third kappa shape index (κ3) is 7.74. The van der Waals surface area contributed by atoms with Crippen molar-refractivity contribution in [3.63, 3.8) is 0 Å². The molecule has 0 atom stereocenters. The Balaban J connectivity index is 0.000000216. The summed E-state index contributed by atoms with van der Waals surface area (Å²) in [6.45, 7) is 0.